The van der Waals surface area contributed by atoms with Crippen LogP contribution in [-0.2, 0) is 18.9 Å². The average Bonchev–Trinajstić information content (AvgIpc) is 2.90. The Morgan fingerprint density at radius 3 is 1.43 bits per heavy atom. The van der Waals surface area contributed by atoms with Crippen molar-refractivity contribution in [3.63, 3.8) is 0 Å². The van der Waals surface area contributed by atoms with Crippen molar-refractivity contribution in [3.8, 4) is 0 Å². The first-order chi connectivity index (χ1) is 16.9. The molecule has 0 unspecified atom stereocenters. The number of ether oxygens (including phenoxy) is 4. The lowest BCUT2D eigenvalue weighted by Gasteiger charge is -2.41. The van der Waals surface area contributed by atoms with Crippen molar-refractivity contribution in [1.82, 2.24) is 0 Å². The minimum Gasteiger partial charge on any atom is -0.452 e. The van der Waals surface area contributed by atoms with Crippen LogP contribution in [0.15, 0.2) is 91.0 Å². The molecule has 0 radical (unpaired) electrons. The molecule has 4 rings (SSSR count). The zero-order valence-corrected chi connectivity index (χ0v) is 18.9. The van der Waals surface area contributed by atoms with Gasteiger partial charge in [-0.25, -0.2) is 14.4 Å². The average molecular weight is 476 g/mol. The van der Waals surface area contributed by atoms with Crippen molar-refractivity contribution in [2.45, 2.75) is 37.6 Å². The van der Waals surface area contributed by atoms with E-state index in [4.69, 9.17) is 18.9 Å². The summed E-state index contributed by atoms with van der Waals surface area (Å²) in [5.41, 5.74) is 0.715. The second kappa shape index (κ2) is 10.9. The quantitative estimate of drug-likeness (QED) is 0.426. The summed E-state index contributed by atoms with van der Waals surface area (Å²) >= 11 is 0. The van der Waals surface area contributed by atoms with Crippen molar-refractivity contribution in [3.05, 3.63) is 108 Å². The second-order valence-corrected chi connectivity index (χ2v) is 7.94. The third-order valence-corrected chi connectivity index (χ3v) is 5.50. The smallest absolute Gasteiger partial charge is 0.340 e. The normalized spacial score (nSPS) is 23.7. The van der Waals surface area contributed by atoms with Gasteiger partial charge < -0.3 is 24.1 Å². The largest absolute Gasteiger partial charge is 0.452 e. The molecular weight excluding hydrogens is 452 g/mol. The number of benzene rings is 3. The minimum absolute atomic E-state index is 0.224. The van der Waals surface area contributed by atoms with Crippen LogP contribution in [-0.4, -0.2) is 53.7 Å². The third-order valence-electron chi connectivity index (χ3n) is 5.50. The van der Waals surface area contributed by atoms with Gasteiger partial charge in [0, 0.05) is 0 Å². The van der Waals surface area contributed by atoms with Crippen LogP contribution in [0.1, 0.15) is 38.0 Å². The minimum atomic E-state index is -1.44. The summed E-state index contributed by atoms with van der Waals surface area (Å²) in [5.74, 6) is -2.23. The highest BCUT2D eigenvalue weighted by Gasteiger charge is 2.50. The van der Waals surface area contributed by atoms with Gasteiger partial charge in [0.1, 0.15) is 6.10 Å². The molecule has 0 aromatic heterocycles. The zero-order chi connectivity index (χ0) is 24.8. The van der Waals surface area contributed by atoms with Crippen LogP contribution in [0.4, 0.5) is 0 Å². The summed E-state index contributed by atoms with van der Waals surface area (Å²) in [5, 5.41) is 10.8. The van der Waals surface area contributed by atoms with E-state index in [1.807, 2.05) is 0 Å². The van der Waals surface area contributed by atoms with Gasteiger partial charge in [-0.2, -0.15) is 0 Å². The molecule has 1 aliphatic heterocycles. The molecule has 1 heterocycles. The molecule has 8 nitrogen and oxygen atoms in total. The summed E-state index contributed by atoms with van der Waals surface area (Å²) in [6.45, 7) is 1.53. The maximum atomic E-state index is 12.9. The standard InChI is InChI=1S/C27H24O8/c1-17-21(28)22(33-24(29)18-11-5-2-6-12-18)23(34-25(30)19-13-7-3-8-14-19)27(32-17)35-26(31)20-15-9-4-10-16-20/h2-17,21-23,27-28H,1H3/t17-,21-,22-,23+,27-/m0/s1. The van der Waals surface area contributed by atoms with Crippen LogP contribution in [0, 0.1) is 0 Å². The van der Waals surface area contributed by atoms with Crippen molar-refractivity contribution >= 4 is 17.9 Å². The lowest BCUT2D eigenvalue weighted by atomic mass is 9.99. The topological polar surface area (TPSA) is 108 Å². The fourth-order valence-corrected chi connectivity index (χ4v) is 3.62. The fourth-order valence-electron chi connectivity index (χ4n) is 3.62. The fraction of sp³-hybridized carbons (Fsp3) is 0.222. The zero-order valence-electron chi connectivity index (χ0n) is 18.9. The Morgan fingerprint density at radius 2 is 1.00 bits per heavy atom. The van der Waals surface area contributed by atoms with Gasteiger partial charge in [0.05, 0.1) is 22.8 Å². The molecule has 0 aliphatic carbocycles. The van der Waals surface area contributed by atoms with Crippen molar-refractivity contribution in [2.24, 2.45) is 0 Å². The van der Waals surface area contributed by atoms with Crippen LogP contribution < -0.4 is 0 Å². The molecule has 5 atom stereocenters. The van der Waals surface area contributed by atoms with Crippen LogP contribution in [0.25, 0.3) is 0 Å². The monoisotopic (exact) mass is 476 g/mol. The van der Waals surface area contributed by atoms with E-state index in [9.17, 15) is 19.5 Å². The molecule has 3 aromatic rings. The van der Waals surface area contributed by atoms with Gasteiger partial charge in [0.15, 0.2) is 6.10 Å². The molecular formula is C27H24O8. The highest BCUT2D eigenvalue weighted by Crippen LogP contribution is 2.29. The molecule has 1 fully saturated rings. The Hall–Kier alpha value is -4.01. The van der Waals surface area contributed by atoms with Gasteiger partial charge in [-0.05, 0) is 43.3 Å². The first-order valence-corrected chi connectivity index (χ1v) is 11.1. The summed E-state index contributed by atoms with van der Waals surface area (Å²) < 4.78 is 22.4. The molecule has 8 heteroatoms. The Balaban J connectivity index is 1.63. The van der Waals surface area contributed by atoms with E-state index in [0.29, 0.717) is 0 Å². The molecule has 0 spiro atoms. The summed E-state index contributed by atoms with van der Waals surface area (Å²) in [6.07, 6.45) is -6.50. The van der Waals surface area contributed by atoms with E-state index in [1.165, 1.54) is 6.92 Å². The highest BCUT2D eigenvalue weighted by atomic mass is 16.7. The predicted octanol–water partition coefficient (Wildman–Crippen LogP) is 3.40. The first-order valence-electron chi connectivity index (χ1n) is 11.1. The van der Waals surface area contributed by atoms with Gasteiger partial charge in [-0.3, -0.25) is 0 Å². The van der Waals surface area contributed by atoms with Crippen molar-refractivity contribution in [2.75, 3.05) is 0 Å². The predicted molar refractivity (Wildman–Crippen MR) is 123 cm³/mol. The van der Waals surface area contributed by atoms with E-state index in [-0.39, 0.29) is 16.7 Å². The molecule has 35 heavy (non-hydrogen) atoms. The molecule has 1 saturated heterocycles. The number of rotatable bonds is 6. The van der Waals surface area contributed by atoms with Crippen molar-refractivity contribution < 1.29 is 38.4 Å². The highest BCUT2D eigenvalue weighted by molar-refractivity contribution is 5.91. The van der Waals surface area contributed by atoms with E-state index >= 15 is 0 Å². The molecule has 180 valence electrons. The number of carbonyl (C=O) groups is 3. The summed E-state index contributed by atoms with van der Waals surface area (Å²) in [7, 11) is 0. The van der Waals surface area contributed by atoms with E-state index in [2.05, 4.69) is 0 Å². The van der Waals surface area contributed by atoms with E-state index in [0.717, 1.165) is 0 Å². The Morgan fingerprint density at radius 1 is 0.629 bits per heavy atom. The number of hydrogen-bond donors (Lipinski definition) is 1. The van der Waals surface area contributed by atoms with Crippen LogP contribution in [0.2, 0.25) is 0 Å². The Labute approximate surface area is 202 Å². The van der Waals surface area contributed by atoms with Gasteiger partial charge >= 0.3 is 17.9 Å². The van der Waals surface area contributed by atoms with Crippen LogP contribution in [0.3, 0.4) is 0 Å². The molecule has 0 bridgehead atoms. The summed E-state index contributed by atoms with van der Waals surface area (Å²) in [6, 6.07) is 24.5. The lowest BCUT2D eigenvalue weighted by molar-refractivity contribution is -0.275. The lowest BCUT2D eigenvalue weighted by Crippen LogP contribution is -2.60. The first kappa shape index (κ1) is 24.1. The summed E-state index contributed by atoms with van der Waals surface area (Å²) in [4.78, 5) is 38.4. The van der Waals surface area contributed by atoms with E-state index in [1.54, 1.807) is 91.0 Å². The number of aliphatic hydroxyl groups excluding tert-OH is 1. The molecule has 1 N–H and O–H groups in total. The van der Waals surface area contributed by atoms with Gasteiger partial charge in [-0.1, -0.05) is 54.6 Å². The third kappa shape index (κ3) is 5.74. The van der Waals surface area contributed by atoms with Crippen LogP contribution >= 0.6 is 0 Å². The van der Waals surface area contributed by atoms with Gasteiger partial charge in [0.2, 0.25) is 12.4 Å². The number of carbonyl (C=O) groups excluding carboxylic acids is 3. The van der Waals surface area contributed by atoms with E-state index < -0.39 is 48.6 Å². The van der Waals surface area contributed by atoms with Crippen LogP contribution in [0.5, 0.6) is 0 Å². The molecule has 0 amide bonds. The molecule has 3 aromatic carbocycles. The number of esters is 3. The Kier molecular flexibility index (Phi) is 7.54. The maximum absolute atomic E-state index is 12.9. The van der Waals surface area contributed by atoms with Gasteiger partial charge in [-0.15, -0.1) is 0 Å². The van der Waals surface area contributed by atoms with Gasteiger partial charge in [0.25, 0.3) is 0 Å². The maximum Gasteiger partial charge on any atom is 0.340 e. The SMILES string of the molecule is C[C@@H]1O[C@@H](OC(=O)c2ccccc2)[C@H](OC(=O)c2ccccc2)[C@@H](OC(=O)c2ccccc2)[C@H]1O. The Bertz CT molecular complexity index is 1150. The molecule has 1 aliphatic rings. The molecule has 0 saturated carbocycles. The number of aliphatic hydroxyl groups is 1. The van der Waals surface area contributed by atoms with Crippen molar-refractivity contribution in [1.29, 1.82) is 0 Å². The number of hydrogen-bond acceptors (Lipinski definition) is 8. The second-order valence-electron chi connectivity index (χ2n) is 7.94.